The van der Waals surface area contributed by atoms with Gasteiger partial charge in [0.15, 0.2) is 5.13 Å². The molecule has 0 radical (unpaired) electrons. The number of nitrogens with one attached hydrogen (secondary N) is 2. The Morgan fingerprint density at radius 1 is 1.09 bits per heavy atom. The molecular formula is C24H28ClN3O4S. The van der Waals surface area contributed by atoms with Crippen molar-refractivity contribution in [3.8, 4) is 0 Å². The number of unbranched alkanes of at least 4 members (excludes halogenated alkanes) is 2. The third kappa shape index (κ3) is 9.31. The number of hydroxylamine groups is 1. The first-order valence-electron chi connectivity index (χ1n) is 10.6. The number of carboxylic acids is 1. The fraction of sp³-hybridized carbons (Fsp3) is 0.292. The zero-order chi connectivity index (χ0) is 24.1. The summed E-state index contributed by atoms with van der Waals surface area (Å²) >= 11 is 6.94. The van der Waals surface area contributed by atoms with Gasteiger partial charge < -0.3 is 9.94 Å². The minimum absolute atomic E-state index is 0.137. The minimum atomic E-state index is -1.04. The molecule has 3 aromatic rings. The van der Waals surface area contributed by atoms with Crippen LogP contribution in [0, 0.1) is 6.92 Å². The van der Waals surface area contributed by atoms with Crippen molar-refractivity contribution >= 4 is 39.9 Å². The number of benzene rings is 2. The number of aromatic carboxylic acids is 1. The Morgan fingerprint density at radius 3 is 2.42 bits per heavy atom. The van der Waals surface area contributed by atoms with Gasteiger partial charge in [-0.3, -0.25) is 10.1 Å². The van der Waals surface area contributed by atoms with E-state index in [4.69, 9.17) is 21.5 Å². The molecule has 0 spiro atoms. The van der Waals surface area contributed by atoms with Crippen LogP contribution >= 0.6 is 22.9 Å². The van der Waals surface area contributed by atoms with Crippen molar-refractivity contribution in [1.82, 2.24) is 10.5 Å². The molecule has 3 rings (SSSR count). The van der Waals surface area contributed by atoms with E-state index in [0.717, 1.165) is 35.0 Å². The van der Waals surface area contributed by atoms with Crippen molar-refractivity contribution in [3.05, 3.63) is 81.3 Å². The van der Waals surface area contributed by atoms with E-state index in [1.165, 1.54) is 12.8 Å². The van der Waals surface area contributed by atoms with E-state index in [9.17, 15) is 9.59 Å². The molecule has 0 unspecified atom stereocenters. The van der Waals surface area contributed by atoms with Gasteiger partial charge in [0.05, 0.1) is 12.3 Å². The maximum atomic E-state index is 11.8. The Hall–Kier alpha value is -2.78. The molecule has 1 aromatic heterocycles. The third-order valence-corrected chi connectivity index (χ3v) is 5.85. The van der Waals surface area contributed by atoms with Gasteiger partial charge in [0.1, 0.15) is 4.88 Å². The highest BCUT2D eigenvalue weighted by Gasteiger charge is 2.15. The monoisotopic (exact) mass is 489 g/mol. The van der Waals surface area contributed by atoms with Gasteiger partial charge in [-0.1, -0.05) is 79.1 Å². The van der Waals surface area contributed by atoms with Crippen LogP contribution in [-0.2, 0) is 11.4 Å². The fourth-order valence-electron chi connectivity index (χ4n) is 2.67. The molecule has 9 heteroatoms. The highest BCUT2D eigenvalue weighted by molar-refractivity contribution is 7.17. The topological polar surface area (TPSA) is 101 Å². The second-order valence-corrected chi connectivity index (χ2v) is 8.43. The second kappa shape index (κ2) is 14.4. The Balaban J connectivity index is 0.000000238. The lowest BCUT2D eigenvalue weighted by Gasteiger charge is -2.06. The highest BCUT2D eigenvalue weighted by atomic mass is 35.5. The zero-order valence-corrected chi connectivity index (χ0v) is 20.2. The standard InChI is InChI=1S/C12H18ClNO.C12H10N2O3S/c1-2-3-6-9-15-14-10-11-7-4-5-8-12(11)13;1-7-9(11(16)17)18-12(13-7)14-10(15)8-5-3-2-4-6-8/h4-5,7-8,14H,2-3,6,9-10H2,1H3;2-6H,1H3,(H,16,17)(H,13,14,15). The van der Waals surface area contributed by atoms with E-state index in [1.54, 1.807) is 31.2 Å². The van der Waals surface area contributed by atoms with Crippen molar-refractivity contribution in [3.63, 3.8) is 0 Å². The quantitative estimate of drug-likeness (QED) is 0.240. The number of aromatic nitrogens is 1. The van der Waals surface area contributed by atoms with Gasteiger partial charge in [0.2, 0.25) is 0 Å². The first kappa shape index (κ1) is 26.5. The van der Waals surface area contributed by atoms with E-state index >= 15 is 0 Å². The number of amides is 1. The van der Waals surface area contributed by atoms with Crippen LogP contribution in [-0.4, -0.2) is 28.6 Å². The van der Waals surface area contributed by atoms with Crippen LogP contribution in [0.4, 0.5) is 5.13 Å². The number of nitrogens with zero attached hydrogens (tertiary/aromatic N) is 1. The van der Waals surface area contributed by atoms with Crippen molar-refractivity contribution in [2.24, 2.45) is 0 Å². The number of carbonyl (C=O) groups is 2. The lowest BCUT2D eigenvalue weighted by molar-refractivity contribution is 0.0342. The van der Waals surface area contributed by atoms with E-state index in [1.807, 2.05) is 30.3 Å². The summed E-state index contributed by atoms with van der Waals surface area (Å²) in [5, 5.41) is 12.5. The predicted octanol–water partition coefficient (Wildman–Crippen LogP) is 5.95. The van der Waals surface area contributed by atoms with Crippen LogP contribution in [0.3, 0.4) is 0 Å². The van der Waals surface area contributed by atoms with Crippen LogP contribution in [0.1, 0.15) is 57.5 Å². The first-order valence-corrected chi connectivity index (χ1v) is 11.8. The Bertz CT molecular complexity index is 1030. The third-order valence-electron chi connectivity index (χ3n) is 4.42. The molecule has 33 heavy (non-hydrogen) atoms. The maximum absolute atomic E-state index is 11.8. The molecular weight excluding hydrogens is 462 g/mol. The number of rotatable bonds is 10. The van der Waals surface area contributed by atoms with Gasteiger partial charge in [0, 0.05) is 17.1 Å². The fourth-order valence-corrected chi connectivity index (χ4v) is 3.68. The zero-order valence-electron chi connectivity index (χ0n) is 18.6. The Labute approximate surface area is 202 Å². The van der Waals surface area contributed by atoms with E-state index in [-0.39, 0.29) is 10.8 Å². The molecule has 3 N–H and O–H groups in total. The van der Waals surface area contributed by atoms with Crippen LogP contribution in [0.2, 0.25) is 5.02 Å². The molecule has 0 aliphatic carbocycles. The second-order valence-electron chi connectivity index (χ2n) is 7.03. The van der Waals surface area contributed by atoms with Crippen LogP contribution < -0.4 is 10.8 Å². The first-order chi connectivity index (χ1) is 15.9. The average molecular weight is 490 g/mol. The number of halogens is 1. The highest BCUT2D eigenvalue weighted by Crippen LogP contribution is 2.22. The van der Waals surface area contributed by atoms with Crippen LogP contribution in [0.5, 0.6) is 0 Å². The number of carbonyl (C=O) groups excluding carboxylic acids is 1. The Kier molecular flexibility index (Phi) is 11.5. The number of carboxylic acid groups (broad SMARTS) is 1. The van der Waals surface area contributed by atoms with Crippen molar-refractivity contribution in [1.29, 1.82) is 0 Å². The van der Waals surface area contributed by atoms with Crippen molar-refractivity contribution < 1.29 is 19.5 Å². The molecule has 0 fully saturated rings. The molecule has 0 aliphatic rings. The molecule has 0 aliphatic heterocycles. The number of hydrogen-bond donors (Lipinski definition) is 3. The molecule has 1 amide bonds. The average Bonchev–Trinajstić information content (AvgIpc) is 3.18. The minimum Gasteiger partial charge on any atom is -0.477 e. The summed E-state index contributed by atoms with van der Waals surface area (Å²) in [7, 11) is 0. The summed E-state index contributed by atoms with van der Waals surface area (Å²) in [5.41, 5.74) is 4.88. The number of aryl methyl sites for hydroxylation is 1. The molecule has 7 nitrogen and oxygen atoms in total. The molecule has 176 valence electrons. The van der Waals surface area contributed by atoms with Gasteiger partial charge in [-0.25, -0.2) is 9.78 Å². The van der Waals surface area contributed by atoms with Crippen molar-refractivity contribution in [2.45, 2.75) is 39.7 Å². The maximum Gasteiger partial charge on any atom is 0.347 e. The van der Waals surface area contributed by atoms with Gasteiger partial charge in [-0.05, 0) is 37.1 Å². The Morgan fingerprint density at radius 2 is 1.79 bits per heavy atom. The van der Waals surface area contributed by atoms with Gasteiger partial charge in [-0.2, -0.15) is 5.48 Å². The van der Waals surface area contributed by atoms with E-state index < -0.39 is 5.97 Å². The normalized spacial score (nSPS) is 10.3. The molecule has 2 aromatic carbocycles. The van der Waals surface area contributed by atoms with Crippen molar-refractivity contribution in [2.75, 3.05) is 11.9 Å². The predicted molar refractivity (Wildman–Crippen MR) is 132 cm³/mol. The largest absolute Gasteiger partial charge is 0.477 e. The number of hydrogen-bond acceptors (Lipinski definition) is 6. The van der Waals surface area contributed by atoms with Gasteiger partial charge in [0.25, 0.3) is 5.91 Å². The smallest absolute Gasteiger partial charge is 0.347 e. The summed E-state index contributed by atoms with van der Waals surface area (Å²) in [4.78, 5) is 32.1. The van der Waals surface area contributed by atoms with E-state index in [2.05, 4.69) is 22.7 Å². The molecule has 0 saturated heterocycles. The number of thiazole rings is 1. The molecule has 0 bridgehead atoms. The SMILES string of the molecule is CCCCCONCc1ccccc1Cl.Cc1nc(NC(=O)c2ccccc2)sc1C(=O)O. The lowest BCUT2D eigenvalue weighted by Crippen LogP contribution is -2.15. The van der Waals surface area contributed by atoms with Crippen LogP contribution in [0.25, 0.3) is 0 Å². The van der Waals surface area contributed by atoms with Crippen LogP contribution in [0.15, 0.2) is 54.6 Å². The summed E-state index contributed by atoms with van der Waals surface area (Å²) < 4.78 is 0. The summed E-state index contributed by atoms with van der Waals surface area (Å²) in [5.74, 6) is -1.34. The molecule has 0 saturated carbocycles. The molecule has 0 atom stereocenters. The van der Waals surface area contributed by atoms with E-state index in [0.29, 0.717) is 22.9 Å². The lowest BCUT2D eigenvalue weighted by atomic mass is 10.2. The molecule has 1 heterocycles. The van der Waals surface area contributed by atoms with Gasteiger partial charge in [-0.15, -0.1) is 0 Å². The summed E-state index contributed by atoms with van der Waals surface area (Å²) in [6.45, 7) is 5.19. The number of anilines is 1. The summed E-state index contributed by atoms with van der Waals surface area (Å²) in [6, 6.07) is 16.4. The summed E-state index contributed by atoms with van der Waals surface area (Å²) in [6.07, 6.45) is 3.54. The van der Waals surface area contributed by atoms with Gasteiger partial charge >= 0.3 is 5.97 Å².